The minimum absolute atomic E-state index is 0.0466. The number of hydrogen-bond donors (Lipinski definition) is 0. The standard InChI is InChI=1S/C80H62N8/c1-79(2,3)59-40-44-71-65(49-59)61-34-19-21-36-67(61)87(71)69-42-38-57(77-83-73(51-24-11-7-12-25-51)81-74(84-77)52-26-13-8-14-27-52)47-63(69)55-32-23-33-56(46-55)64-48-58(78-85-75(53-28-15-9-16-29-53)82-76(86-78)54-30-17-10-18-31-54)39-43-70(64)88-68-37-22-20-35-62(68)66-50-60(80(4,5)6)41-45-72(66)88/h7-50H,1-6H3. The summed E-state index contributed by atoms with van der Waals surface area (Å²) in [5, 5.41) is 4.79. The van der Waals surface area contributed by atoms with Crippen molar-refractivity contribution in [1.29, 1.82) is 0 Å². The molecule has 0 bridgehead atoms. The highest BCUT2D eigenvalue weighted by molar-refractivity contribution is 6.11. The maximum absolute atomic E-state index is 5.27. The molecule has 0 unspecified atom stereocenters. The van der Waals surface area contributed by atoms with E-state index in [1.165, 1.54) is 32.7 Å². The van der Waals surface area contributed by atoms with Crippen LogP contribution in [0.3, 0.4) is 0 Å². The molecule has 0 saturated heterocycles. The third-order valence-corrected chi connectivity index (χ3v) is 17.0. The lowest BCUT2D eigenvalue weighted by molar-refractivity contribution is 0.591. The van der Waals surface area contributed by atoms with Crippen LogP contribution in [0.15, 0.2) is 267 Å². The Morgan fingerprint density at radius 2 is 0.523 bits per heavy atom. The Hall–Kier alpha value is -11.0. The smallest absolute Gasteiger partial charge is 0.164 e. The molecule has 0 N–H and O–H groups in total. The summed E-state index contributed by atoms with van der Waals surface area (Å²) in [6.07, 6.45) is 0. The number of aromatic nitrogens is 8. The zero-order valence-electron chi connectivity index (χ0n) is 50.0. The molecule has 422 valence electrons. The summed E-state index contributed by atoms with van der Waals surface area (Å²) in [6.45, 7) is 13.7. The summed E-state index contributed by atoms with van der Waals surface area (Å²) in [5.74, 6) is 3.56. The Morgan fingerprint density at radius 3 is 0.864 bits per heavy atom. The van der Waals surface area contributed by atoms with Crippen molar-refractivity contribution in [2.45, 2.75) is 52.4 Å². The average Bonchev–Trinajstić information content (AvgIpc) is 1.67. The van der Waals surface area contributed by atoms with Gasteiger partial charge < -0.3 is 9.13 Å². The summed E-state index contributed by atoms with van der Waals surface area (Å²) in [4.78, 5) is 31.3. The lowest BCUT2D eigenvalue weighted by atomic mass is 9.86. The van der Waals surface area contributed by atoms with Crippen molar-refractivity contribution < 1.29 is 0 Å². The minimum Gasteiger partial charge on any atom is -0.309 e. The van der Waals surface area contributed by atoms with Gasteiger partial charge in [-0.15, -0.1) is 0 Å². The molecule has 0 radical (unpaired) electrons. The van der Waals surface area contributed by atoms with Crippen molar-refractivity contribution >= 4 is 43.6 Å². The molecule has 0 fully saturated rings. The van der Waals surface area contributed by atoms with Gasteiger partial charge in [-0.25, -0.2) is 29.9 Å². The van der Waals surface area contributed by atoms with Crippen molar-refractivity contribution in [2.24, 2.45) is 0 Å². The number of para-hydroxylation sites is 2. The van der Waals surface area contributed by atoms with E-state index in [4.69, 9.17) is 29.9 Å². The molecule has 4 aromatic heterocycles. The van der Waals surface area contributed by atoms with Crippen LogP contribution in [0.25, 0.3) is 146 Å². The van der Waals surface area contributed by atoms with Crippen LogP contribution in [0, 0.1) is 0 Å². The second kappa shape index (κ2) is 21.5. The zero-order chi connectivity index (χ0) is 59.7. The highest BCUT2D eigenvalue weighted by atomic mass is 15.0. The quantitative estimate of drug-likeness (QED) is 0.136. The number of benzene rings is 11. The van der Waals surface area contributed by atoms with E-state index in [1.54, 1.807) is 0 Å². The molecule has 8 heteroatoms. The molecular weight excluding hydrogens is 1070 g/mol. The monoisotopic (exact) mass is 1130 g/mol. The molecule has 8 nitrogen and oxygen atoms in total. The van der Waals surface area contributed by atoms with Crippen LogP contribution in [-0.2, 0) is 10.8 Å². The van der Waals surface area contributed by atoms with Gasteiger partial charge in [-0.1, -0.05) is 230 Å². The van der Waals surface area contributed by atoms with E-state index in [0.717, 1.165) is 89.1 Å². The number of rotatable bonds is 10. The third-order valence-electron chi connectivity index (χ3n) is 17.0. The third kappa shape index (κ3) is 9.78. The molecule has 4 heterocycles. The second-order valence-electron chi connectivity index (χ2n) is 24.8. The van der Waals surface area contributed by atoms with Gasteiger partial charge in [0.2, 0.25) is 0 Å². The van der Waals surface area contributed by atoms with Crippen molar-refractivity contribution in [2.75, 3.05) is 0 Å². The van der Waals surface area contributed by atoms with Gasteiger partial charge in [-0.05, 0) is 112 Å². The molecule has 0 amide bonds. The summed E-state index contributed by atoms with van der Waals surface area (Å²) in [5.41, 5.74) is 18.4. The van der Waals surface area contributed by atoms with E-state index < -0.39 is 0 Å². The Kier molecular flexibility index (Phi) is 13.1. The molecule has 88 heavy (non-hydrogen) atoms. The highest BCUT2D eigenvalue weighted by Gasteiger charge is 2.25. The van der Waals surface area contributed by atoms with Crippen LogP contribution in [0.1, 0.15) is 52.7 Å². The van der Waals surface area contributed by atoms with Crippen molar-refractivity contribution in [3.05, 3.63) is 278 Å². The van der Waals surface area contributed by atoms with Gasteiger partial charge >= 0.3 is 0 Å². The highest BCUT2D eigenvalue weighted by Crippen LogP contribution is 2.44. The maximum Gasteiger partial charge on any atom is 0.164 e. The first-order chi connectivity index (χ1) is 42.9. The first kappa shape index (κ1) is 53.7. The van der Waals surface area contributed by atoms with Gasteiger partial charge in [0.15, 0.2) is 34.9 Å². The topological polar surface area (TPSA) is 87.2 Å². The summed E-state index contributed by atoms with van der Waals surface area (Å²) in [6, 6.07) is 94.6. The molecule has 0 aliphatic heterocycles. The van der Waals surface area contributed by atoms with Crippen LogP contribution >= 0.6 is 0 Å². The fraction of sp³-hybridized carbons (Fsp3) is 0.100. The van der Waals surface area contributed by atoms with Crippen molar-refractivity contribution in [3.63, 3.8) is 0 Å². The Morgan fingerprint density at radius 1 is 0.227 bits per heavy atom. The van der Waals surface area contributed by atoms with Crippen LogP contribution in [0.2, 0.25) is 0 Å². The number of hydrogen-bond acceptors (Lipinski definition) is 6. The first-order valence-electron chi connectivity index (χ1n) is 30.1. The predicted molar refractivity (Wildman–Crippen MR) is 363 cm³/mol. The van der Waals surface area contributed by atoms with Gasteiger partial charge in [0.25, 0.3) is 0 Å². The van der Waals surface area contributed by atoms with E-state index in [0.29, 0.717) is 34.9 Å². The molecule has 0 spiro atoms. The molecule has 11 aromatic carbocycles. The zero-order valence-corrected chi connectivity index (χ0v) is 50.0. The van der Waals surface area contributed by atoms with E-state index in [-0.39, 0.29) is 10.8 Å². The van der Waals surface area contributed by atoms with E-state index in [1.807, 2.05) is 72.8 Å². The van der Waals surface area contributed by atoms with Gasteiger partial charge in [0.1, 0.15) is 0 Å². The minimum atomic E-state index is -0.0466. The lowest BCUT2D eigenvalue weighted by Gasteiger charge is -2.20. The van der Waals surface area contributed by atoms with Crippen LogP contribution in [-0.4, -0.2) is 39.0 Å². The van der Waals surface area contributed by atoms with Gasteiger partial charge in [0.05, 0.1) is 33.4 Å². The molecular formula is C80H62N8. The first-order valence-corrected chi connectivity index (χ1v) is 30.1. The molecule has 0 atom stereocenters. The predicted octanol–water partition coefficient (Wildman–Crippen LogP) is 20.2. The average molecular weight is 1140 g/mol. The van der Waals surface area contributed by atoms with Crippen molar-refractivity contribution in [1.82, 2.24) is 39.0 Å². The second-order valence-corrected chi connectivity index (χ2v) is 24.8. The molecule has 0 saturated carbocycles. The van der Waals surface area contributed by atoms with Gasteiger partial charge in [-0.2, -0.15) is 0 Å². The Bertz CT molecular complexity index is 4710. The molecule has 15 rings (SSSR count). The summed E-state index contributed by atoms with van der Waals surface area (Å²) < 4.78 is 4.87. The van der Waals surface area contributed by atoms with Crippen molar-refractivity contribution in [3.8, 4) is 102 Å². The fourth-order valence-electron chi connectivity index (χ4n) is 12.3. The Balaban J connectivity index is 0.996. The van der Waals surface area contributed by atoms with Crippen LogP contribution < -0.4 is 0 Å². The van der Waals surface area contributed by atoms with Crippen LogP contribution in [0.4, 0.5) is 0 Å². The van der Waals surface area contributed by atoms with Gasteiger partial charge in [0, 0.05) is 66.1 Å². The fourth-order valence-corrected chi connectivity index (χ4v) is 12.3. The lowest BCUT2D eigenvalue weighted by Crippen LogP contribution is -2.10. The van der Waals surface area contributed by atoms with Crippen LogP contribution in [0.5, 0.6) is 0 Å². The SMILES string of the molecule is CC(C)(C)c1ccc2c(c1)c1ccccc1n2-c1ccc(-c2nc(-c3ccccc3)nc(-c3ccccc3)n2)cc1-c1cccc(-c2cc(-c3nc(-c4ccccc4)nc(-c4ccccc4)n3)ccc2-n2c3ccccc3c3cc(C(C)(C)C)ccc32)c1. The van der Waals surface area contributed by atoms with Gasteiger partial charge in [-0.3, -0.25) is 0 Å². The molecule has 0 aliphatic carbocycles. The largest absolute Gasteiger partial charge is 0.309 e. The Labute approximate surface area is 512 Å². The summed E-state index contributed by atoms with van der Waals surface area (Å²) in [7, 11) is 0. The number of nitrogens with zero attached hydrogens (tertiary/aromatic N) is 8. The normalized spacial score (nSPS) is 12.0. The van der Waals surface area contributed by atoms with E-state index in [9.17, 15) is 0 Å². The molecule has 15 aromatic rings. The number of fused-ring (bicyclic) bond motifs is 6. The van der Waals surface area contributed by atoms with E-state index in [2.05, 4.69) is 245 Å². The molecule has 0 aliphatic rings. The summed E-state index contributed by atoms with van der Waals surface area (Å²) >= 11 is 0. The maximum atomic E-state index is 5.27. The van der Waals surface area contributed by atoms with E-state index >= 15 is 0 Å².